The number of carbonyl (C=O) groups is 5. The topological polar surface area (TPSA) is 148 Å². The first-order valence-corrected chi connectivity index (χ1v) is 16.3. The highest BCUT2D eigenvalue weighted by atomic mass is 16.7. The highest BCUT2D eigenvalue weighted by Gasteiger charge is 2.84. The van der Waals surface area contributed by atoms with E-state index in [4.69, 9.17) is 23.7 Å². The van der Waals surface area contributed by atoms with Crippen molar-refractivity contribution in [1.29, 1.82) is 0 Å². The van der Waals surface area contributed by atoms with Crippen LogP contribution in [0.5, 0.6) is 0 Å². The molecule has 10 atom stereocenters. The van der Waals surface area contributed by atoms with Crippen LogP contribution in [-0.4, -0.2) is 70.3 Å². The monoisotopic (exact) mass is 659 g/mol. The molecule has 2 saturated carbocycles. The summed E-state index contributed by atoms with van der Waals surface area (Å²) in [6.45, 7) is 11.8. The van der Waals surface area contributed by atoms with Crippen LogP contribution < -0.4 is 0 Å². The Morgan fingerprint density at radius 1 is 0.833 bits per heavy atom. The van der Waals surface area contributed by atoms with Crippen molar-refractivity contribution in [1.82, 2.24) is 4.98 Å². The number of carbonyl (C=O) groups excluding carboxylic acids is 5. The van der Waals surface area contributed by atoms with Gasteiger partial charge >= 0.3 is 23.9 Å². The lowest BCUT2D eigenvalue weighted by molar-refractivity contribution is -0.154. The minimum absolute atomic E-state index is 0.194. The van der Waals surface area contributed by atoms with Crippen molar-refractivity contribution in [2.75, 3.05) is 0 Å². The Balaban J connectivity index is 1.54. The summed E-state index contributed by atoms with van der Waals surface area (Å²) in [4.78, 5) is 71.0. The Morgan fingerprint density at radius 2 is 1.46 bits per heavy atom. The van der Waals surface area contributed by atoms with E-state index in [9.17, 15) is 24.0 Å². The van der Waals surface area contributed by atoms with E-state index < -0.39 is 82.7 Å². The minimum atomic E-state index is -1.38. The van der Waals surface area contributed by atoms with Gasteiger partial charge in [0.05, 0.1) is 17.0 Å². The fourth-order valence-electron chi connectivity index (χ4n) is 8.45. The first-order valence-electron chi connectivity index (χ1n) is 16.3. The van der Waals surface area contributed by atoms with E-state index in [-0.39, 0.29) is 29.2 Å². The Morgan fingerprint density at radius 3 is 2.08 bits per heavy atom. The van der Waals surface area contributed by atoms with Crippen molar-refractivity contribution in [2.45, 2.75) is 90.5 Å². The highest BCUT2D eigenvalue weighted by molar-refractivity contribution is 5.96. The van der Waals surface area contributed by atoms with Gasteiger partial charge in [-0.3, -0.25) is 19.4 Å². The van der Waals surface area contributed by atoms with Gasteiger partial charge in [-0.15, -0.1) is 0 Å². The van der Waals surface area contributed by atoms with E-state index in [1.54, 1.807) is 62.4 Å². The van der Waals surface area contributed by atoms with Gasteiger partial charge in [0.1, 0.15) is 18.3 Å². The third-order valence-corrected chi connectivity index (χ3v) is 10.7. The van der Waals surface area contributed by atoms with Crippen LogP contribution in [0.3, 0.4) is 0 Å². The number of benzene rings is 1. The number of fused-ring (bicyclic) bond motifs is 1. The molecule has 1 aliphatic heterocycles. The Bertz CT molecular complexity index is 1670. The molecule has 3 aliphatic carbocycles. The number of aromatic nitrogens is 1. The normalized spacial score (nSPS) is 37.1. The van der Waals surface area contributed by atoms with Gasteiger partial charge in [0.2, 0.25) is 0 Å². The average molecular weight is 660 g/mol. The summed E-state index contributed by atoms with van der Waals surface area (Å²) >= 11 is 0. The zero-order valence-corrected chi connectivity index (χ0v) is 28.1. The number of nitrogens with zero attached hydrogens (tertiary/aromatic N) is 1. The minimum Gasteiger partial charge on any atom is -0.461 e. The molecule has 0 N–H and O–H groups in total. The number of ether oxygens (including phenoxy) is 5. The van der Waals surface area contributed by atoms with Crippen LogP contribution >= 0.6 is 0 Å². The fourth-order valence-corrected chi connectivity index (χ4v) is 8.45. The summed E-state index contributed by atoms with van der Waals surface area (Å²) in [5, 5.41) is 0. The molecule has 254 valence electrons. The maximum atomic E-state index is 14.6. The quantitative estimate of drug-likeness (QED) is 0.184. The Labute approximate surface area is 279 Å². The molecular formula is C37H41NO10. The molecule has 1 aromatic carbocycles. The van der Waals surface area contributed by atoms with Crippen LogP contribution in [0, 0.1) is 29.1 Å². The van der Waals surface area contributed by atoms with E-state index in [0.29, 0.717) is 5.57 Å². The molecule has 3 fully saturated rings. The Hall–Kier alpha value is -4.38. The number of rotatable bonds is 6. The SMILES string of the molecule is CC(=O)O[C@H]1[C@@H]2[C@H]([C@H](OC(=O)c3cccnc3)[C@H](OC(=O)c3ccccc3)/C(C)=C/[C@@]34O[C@@]3(C[C@H](C)[C@@H]4OC(C)=O)C(=O)[C@@H]1C)C2(C)C. The van der Waals surface area contributed by atoms with Crippen LogP contribution in [0.25, 0.3) is 0 Å². The molecule has 11 nitrogen and oxygen atoms in total. The van der Waals surface area contributed by atoms with Crippen LogP contribution in [0.2, 0.25) is 0 Å². The largest absolute Gasteiger partial charge is 0.461 e. The van der Waals surface area contributed by atoms with Gasteiger partial charge in [0.15, 0.2) is 23.1 Å². The maximum Gasteiger partial charge on any atom is 0.340 e. The molecule has 4 aliphatic rings. The summed E-state index contributed by atoms with van der Waals surface area (Å²) in [5.74, 6) is -4.81. The molecule has 0 spiro atoms. The zero-order chi connectivity index (χ0) is 34.8. The molecular weight excluding hydrogens is 618 g/mol. The Kier molecular flexibility index (Phi) is 8.34. The molecule has 11 heteroatoms. The molecule has 0 unspecified atom stereocenters. The summed E-state index contributed by atoms with van der Waals surface area (Å²) in [6, 6.07) is 11.6. The smallest absolute Gasteiger partial charge is 0.340 e. The first-order chi connectivity index (χ1) is 22.6. The molecule has 0 amide bonds. The summed E-state index contributed by atoms with van der Waals surface area (Å²) in [5.41, 5.74) is -2.46. The van der Waals surface area contributed by atoms with Gasteiger partial charge in [0.25, 0.3) is 0 Å². The van der Waals surface area contributed by atoms with Crippen LogP contribution in [0.4, 0.5) is 0 Å². The summed E-state index contributed by atoms with van der Waals surface area (Å²) < 4.78 is 30.7. The van der Waals surface area contributed by atoms with Crippen LogP contribution in [0.1, 0.15) is 75.6 Å². The number of pyridine rings is 1. The molecule has 6 rings (SSSR count). The summed E-state index contributed by atoms with van der Waals surface area (Å²) in [6.07, 6.45) is 0.880. The van der Waals surface area contributed by atoms with Crippen molar-refractivity contribution in [3.63, 3.8) is 0 Å². The fraction of sp³-hybridized carbons (Fsp3) is 0.514. The number of hydrogen-bond acceptors (Lipinski definition) is 11. The zero-order valence-electron chi connectivity index (χ0n) is 28.1. The molecule has 2 heterocycles. The lowest BCUT2D eigenvalue weighted by Crippen LogP contribution is -2.43. The standard InChI is InChI=1S/C37H41NO10/c1-19-16-37-32(45-23(5)40)20(2)17-36(37,48-37)31(41)21(3)29(44-22(4)39)26-27(35(26,6)7)30(47-34(43)25-14-11-15-38-18-25)28(19)46-33(42)24-12-9-8-10-13-24/h8-16,18,20-21,26-30,32H,17H2,1-7H3/b19-16+/t20-,21+,26-,27+,28+,29+,30-,32-,36-,37-/m0/s1. The van der Waals surface area contributed by atoms with Gasteiger partial charge in [-0.1, -0.05) is 45.9 Å². The molecule has 1 saturated heterocycles. The van der Waals surface area contributed by atoms with Crippen LogP contribution in [0.15, 0.2) is 66.5 Å². The third-order valence-electron chi connectivity index (χ3n) is 10.7. The van der Waals surface area contributed by atoms with Crippen molar-refractivity contribution in [3.05, 3.63) is 77.6 Å². The van der Waals surface area contributed by atoms with Crippen LogP contribution in [-0.2, 0) is 38.1 Å². The first kappa shape index (κ1) is 33.5. The molecule has 48 heavy (non-hydrogen) atoms. The number of hydrogen-bond donors (Lipinski definition) is 0. The van der Waals surface area contributed by atoms with E-state index in [1.807, 2.05) is 20.8 Å². The number of Topliss-reactive ketones (excluding diaryl/α,β-unsaturated/α-hetero) is 1. The lowest BCUT2D eigenvalue weighted by Gasteiger charge is -2.31. The number of esters is 4. The van der Waals surface area contributed by atoms with E-state index in [0.717, 1.165) is 0 Å². The van der Waals surface area contributed by atoms with Crippen molar-refractivity contribution in [3.8, 4) is 0 Å². The third kappa shape index (κ3) is 5.41. The predicted octanol–water partition coefficient (Wildman–Crippen LogP) is 4.68. The van der Waals surface area contributed by atoms with Crippen molar-refractivity contribution >= 4 is 29.7 Å². The van der Waals surface area contributed by atoms with Crippen molar-refractivity contribution in [2.24, 2.45) is 29.1 Å². The number of epoxide rings is 1. The predicted molar refractivity (Wildman–Crippen MR) is 169 cm³/mol. The second-order valence-corrected chi connectivity index (χ2v) is 14.2. The molecule has 0 radical (unpaired) electrons. The molecule has 0 bridgehead atoms. The van der Waals surface area contributed by atoms with Gasteiger partial charge in [-0.2, -0.15) is 0 Å². The average Bonchev–Trinajstić information content (AvgIpc) is 3.84. The van der Waals surface area contributed by atoms with Gasteiger partial charge < -0.3 is 23.7 Å². The maximum absolute atomic E-state index is 14.6. The second-order valence-electron chi connectivity index (χ2n) is 14.2. The number of ketones is 1. The van der Waals surface area contributed by atoms with Gasteiger partial charge in [-0.25, -0.2) is 9.59 Å². The highest BCUT2D eigenvalue weighted by Crippen LogP contribution is 2.69. The van der Waals surface area contributed by atoms with Gasteiger partial charge in [-0.05, 0) is 60.6 Å². The molecule has 1 aromatic heterocycles. The van der Waals surface area contributed by atoms with Crippen molar-refractivity contribution < 1.29 is 47.7 Å². The van der Waals surface area contributed by atoms with E-state index in [1.165, 1.54) is 26.2 Å². The molecule has 2 aromatic rings. The van der Waals surface area contributed by atoms with E-state index >= 15 is 0 Å². The second kappa shape index (κ2) is 11.9. The lowest BCUT2D eigenvalue weighted by atomic mass is 9.80. The summed E-state index contributed by atoms with van der Waals surface area (Å²) in [7, 11) is 0. The van der Waals surface area contributed by atoms with Gasteiger partial charge in [0, 0.05) is 38.1 Å². The van der Waals surface area contributed by atoms with E-state index in [2.05, 4.69) is 4.98 Å².